The number of nitrogens with zero attached hydrogens (tertiary/aromatic N) is 2. The number of nitrogens with one attached hydrogen (secondary N) is 1. The monoisotopic (exact) mass is 725 g/mol. The molecular weight excluding hydrogens is 685 g/mol. The van der Waals surface area contributed by atoms with E-state index in [1.54, 1.807) is 12.1 Å². The van der Waals surface area contributed by atoms with Gasteiger partial charge in [0.1, 0.15) is 5.75 Å². The number of piperidine rings is 1. The summed E-state index contributed by atoms with van der Waals surface area (Å²) in [6.07, 6.45) is -13.2. The van der Waals surface area contributed by atoms with Crippen molar-refractivity contribution in [1.82, 2.24) is 15.1 Å². The summed E-state index contributed by atoms with van der Waals surface area (Å²) in [6.45, 7) is 9.31. The van der Waals surface area contributed by atoms with E-state index in [2.05, 4.69) is 48.0 Å². The van der Waals surface area contributed by atoms with Gasteiger partial charge in [0.15, 0.2) is 6.61 Å². The Bertz CT molecular complexity index is 1390. The van der Waals surface area contributed by atoms with Gasteiger partial charge in [-0.1, -0.05) is 63.2 Å². The highest BCUT2D eigenvalue weighted by Crippen LogP contribution is 2.36. The smallest absolute Gasteiger partial charge is 0.458 e. The van der Waals surface area contributed by atoms with E-state index in [1.807, 2.05) is 30.3 Å². The van der Waals surface area contributed by atoms with Gasteiger partial charge in [-0.3, -0.25) is 19.3 Å². The van der Waals surface area contributed by atoms with Gasteiger partial charge >= 0.3 is 30.1 Å². The van der Waals surface area contributed by atoms with Crippen molar-refractivity contribution in [2.75, 3.05) is 39.3 Å². The summed E-state index contributed by atoms with van der Waals surface area (Å²) in [5, 5.41) is 3.38. The number of piperazine rings is 1. The zero-order valence-corrected chi connectivity index (χ0v) is 27.7. The van der Waals surface area contributed by atoms with Crippen molar-refractivity contribution < 1.29 is 58.6 Å². The molecule has 2 atom stereocenters. The molecular formula is C34H40F9N3O4. The summed E-state index contributed by atoms with van der Waals surface area (Å²) in [5.74, 6) is -5.93. The number of alkyl halides is 9. The fourth-order valence-electron chi connectivity index (χ4n) is 5.95. The quantitative estimate of drug-likeness (QED) is 0.236. The number of hydrogen-bond acceptors (Lipinski definition) is 6. The van der Waals surface area contributed by atoms with E-state index >= 15 is 0 Å². The van der Waals surface area contributed by atoms with Crippen LogP contribution < -0.4 is 10.1 Å². The lowest BCUT2D eigenvalue weighted by Gasteiger charge is -2.49. The molecule has 0 saturated carbocycles. The third-order valence-corrected chi connectivity index (χ3v) is 8.45. The predicted molar refractivity (Wildman–Crippen MR) is 165 cm³/mol. The number of amides is 1. The van der Waals surface area contributed by atoms with E-state index in [9.17, 15) is 53.9 Å². The summed E-state index contributed by atoms with van der Waals surface area (Å²) in [6, 6.07) is 17.0. The normalized spacial score (nSPS) is 18.9. The Hall–Kier alpha value is -3.66. The lowest BCUT2D eigenvalue weighted by Crippen LogP contribution is -2.60. The molecule has 0 aliphatic carbocycles. The van der Waals surface area contributed by atoms with Gasteiger partial charge in [0, 0.05) is 32.1 Å². The molecule has 1 unspecified atom stereocenters. The Labute approximate surface area is 284 Å². The number of halogens is 9. The average Bonchev–Trinajstić information content (AvgIpc) is 3.03. The van der Waals surface area contributed by atoms with Crippen LogP contribution in [0.5, 0.6) is 5.75 Å². The molecule has 0 bridgehead atoms. The Morgan fingerprint density at radius 2 is 1.30 bits per heavy atom. The first kappa shape index (κ1) is 40.8. The van der Waals surface area contributed by atoms with Gasteiger partial charge in [-0.15, -0.1) is 0 Å². The van der Waals surface area contributed by atoms with E-state index in [4.69, 9.17) is 4.74 Å². The van der Waals surface area contributed by atoms with Gasteiger partial charge in [-0.25, -0.2) is 0 Å². The first-order valence-corrected chi connectivity index (χ1v) is 15.9. The summed E-state index contributed by atoms with van der Waals surface area (Å²) in [5.41, 5.74) is 1.98. The molecule has 50 heavy (non-hydrogen) atoms. The summed E-state index contributed by atoms with van der Waals surface area (Å²) >= 11 is 0. The minimum Gasteiger partial charge on any atom is -0.484 e. The number of Topliss-reactive ketones (excluding diaryl/α,β-unsaturated/α-hetero) is 2. The van der Waals surface area contributed by atoms with Gasteiger partial charge in [-0.2, -0.15) is 39.5 Å². The SMILES string of the molecule is CC(C)(C)[C@H]1CN(C(c2ccccc2)c2ccc(OCC(F)(F)F)cc2)CCN1C(=O)CC1CCNCC1.O=C(C(=O)C(F)(F)F)C(F)(F)F. The van der Waals surface area contributed by atoms with Crippen LogP contribution in [0.1, 0.15) is 57.2 Å². The molecule has 4 rings (SSSR count). The Kier molecular flexibility index (Phi) is 13.5. The predicted octanol–water partition coefficient (Wildman–Crippen LogP) is 6.91. The molecule has 1 amide bonds. The van der Waals surface area contributed by atoms with Gasteiger partial charge in [0.2, 0.25) is 5.91 Å². The maximum absolute atomic E-state index is 13.5. The third kappa shape index (κ3) is 12.0. The molecule has 0 aromatic heterocycles. The van der Waals surface area contributed by atoms with Crippen molar-refractivity contribution in [3.8, 4) is 5.75 Å². The highest BCUT2D eigenvalue weighted by Gasteiger charge is 2.54. The van der Waals surface area contributed by atoms with Crippen molar-refractivity contribution in [2.45, 2.75) is 70.6 Å². The zero-order valence-electron chi connectivity index (χ0n) is 27.7. The van der Waals surface area contributed by atoms with Crippen molar-refractivity contribution >= 4 is 17.5 Å². The number of ether oxygens (including phenoxy) is 1. The topological polar surface area (TPSA) is 79.0 Å². The van der Waals surface area contributed by atoms with Crippen LogP contribution in [0.4, 0.5) is 39.5 Å². The lowest BCUT2D eigenvalue weighted by atomic mass is 9.82. The second kappa shape index (κ2) is 16.6. The Balaban J connectivity index is 0.000000482. The van der Waals surface area contributed by atoms with E-state index in [0.29, 0.717) is 25.4 Å². The van der Waals surface area contributed by atoms with Gasteiger partial charge in [0.25, 0.3) is 0 Å². The number of carbonyl (C=O) groups excluding carboxylic acids is 3. The second-order valence-electron chi connectivity index (χ2n) is 13.3. The number of hydrogen-bond donors (Lipinski definition) is 1. The lowest BCUT2D eigenvalue weighted by molar-refractivity contribution is -0.193. The highest BCUT2D eigenvalue weighted by atomic mass is 19.4. The molecule has 2 heterocycles. The third-order valence-electron chi connectivity index (χ3n) is 8.45. The highest BCUT2D eigenvalue weighted by molar-refractivity contribution is 6.41. The fraction of sp³-hybridized carbons (Fsp3) is 0.559. The molecule has 2 aromatic rings. The molecule has 2 aliphatic rings. The summed E-state index contributed by atoms with van der Waals surface area (Å²) in [4.78, 5) is 37.2. The van der Waals surface area contributed by atoms with Crippen LogP contribution in [0, 0.1) is 11.3 Å². The van der Waals surface area contributed by atoms with Crippen LogP contribution in [-0.2, 0) is 14.4 Å². The molecule has 0 spiro atoms. The standard InChI is InChI=1S/C30H40F3N3O2.C4F6O2/c1-29(2,3)26-20-35(17-18-36(26)27(37)19-22-13-15-34-16-14-22)28(23-7-5-4-6-8-23)24-9-11-25(12-10-24)38-21-30(31,32)33;5-3(6,7)1(11)2(12)4(8,9)10/h4-12,22,26,28,34H,13-21H2,1-3H3;/t26-,28?;/m1./s1. The number of rotatable bonds is 8. The Morgan fingerprint density at radius 3 is 1.78 bits per heavy atom. The largest absolute Gasteiger partial charge is 0.484 e. The van der Waals surface area contributed by atoms with E-state index in [-0.39, 0.29) is 29.2 Å². The molecule has 2 aliphatic heterocycles. The number of ketones is 2. The van der Waals surface area contributed by atoms with Crippen LogP contribution in [-0.4, -0.2) is 91.2 Å². The molecule has 2 fully saturated rings. The van der Waals surface area contributed by atoms with Gasteiger partial charge in [-0.05, 0) is 60.5 Å². The van der Waals surface area contributed by atoms with Crippen molar-refractivity contribution in [2.24, 2.45) is 11.3 Å². The maximum Gasteiger partial charge on any atom is 0.458 e. The molecule has 16 heteroatoms. The van der Waals surface area contributed by atoms with Crippen LogP contribution >= 0.6 is 0 Å². The minimum absolute atomic E-state index is 0.0473. The van der Waals surface area contributed by atoms with E-state index < -0.39 is 36.7 Å². The zero-order chi connectivity index (χ0) is 37.5. The van der Waals surface area contributed by atoms with Crippen LogP contribution in [0.3, 0.4) is 0 Å². The van der Waals surface area contributed by atoms with Crippen LogP contribution in [0.2, 0.25) is 0 Å². The van der Waals surface area contributed by atoms with Crippen LogP contribution in [0.15, 0.2) is 54.6 Å². The van der Waals surface area contributed by atoms with Gasteiger partial charge < -0.3 is 15.0 Å². The van der Waals surface area contributed by atoms with Crippen LogP contribution in [0.25, 0.3) is 0 Å². The molecule has 2 saturated heterocycles. The summed E-state index contributed by atoms with van der Waals surface area (Å²) in [7, 11) is 0. The molecule has 2 aromatic carbocycles. The fourth-order valence-corrected chi connectivity index (χ4v) is 5.95. The van der Waals surface area contributed by atoms with E-state index in [0.717, 1.165) is 43.6 Å². The first-order chi connectivity index (χ1) is 23.1. The average molecular weight is 726 g/mol. The molecule has 0 radical (unpaired) electrons. The van der Waals surface area contributed by atoms with Crippen molar-refractivity contribution in [3.05, 3.63) is 65.7 Å². The first-order valence-electron chi connectivity index (χ1n) is 15.9. The molecule has 278 valence electrons. The molecule has 1 N–H and O–H groups in total. The van der Waals surface area contributed by atoms with E-state index in [1.165, 1.54) is 0 Å². The minimum atomic E-state index is -5.77. The summed E-state index contributed by atoms with van der Waals surface area (Å²) < 4.78 is 110. The number of benzene rings is 2. The number of carbonyl (C=O) groups is 3. The maximum atomic E-state index is 13.5. The van der Waals surface area contributed by atoms with Crippen molar-refractivity contribution in [1.29, 1.82) is 0 Å². The Morgan fingerprint density at radius 1 is 0.780 bits per heavy atom. The molecule has 7 nitrogen and oxygen atoms in total. The second-order valence-corrected chi connectivity index (χ2v) is 13.3. The van der Waals surface area contributed by atoms with Gasteiger partial charge in [0.05, 0.1) is 6.04 Å². The van der Waals surface area contributed by atoms with Crippen molar-refractivity contribution in [3.63, 3.8) is 0 Å².